The van der Waals surface area contributed by atoms with Gasteiger partial charge in [0.15, 0.2) is 17.2 Å². The molecule has 1 aliphatic carbocycles. The fourth-order valence-corrected chi connectivity index (χ4v) is 9.10. The second-order valence-electron chi connectivity index (χ2n) is 15.3. The first-order valence-electron chi connectivity index (χ1n) is 34.7. The molecule has 66 heavy (non-hydrogen) atoms. The van der Waals surface area contributed by atoms with Crippen LogP contribution in [-0.4, -0.2) is 24.1 Å². The Morgan fingerprint density at radius 1 is 0.485 bits per heavy atom. The monoisotopic (exact) mass is 874 g/mol. The highest BCUT2D eigenvalue weighted by Gasteiger charge is 2.37. The average Bonchev–Trinajstić information content (AvgIpc) is 1.51. The fourth-order valence-electron chi connectivity index (χ4n) is 9.10. The van der Waals surface area contributed by atoms with E-state index < -0.39 is 231 Å². The largest absolute Gasteiger partial charge is 0.454 e. The number of benzene rings is 9. The van der Waals surface area contributed by atoms with E-state index in [1.54, 1.807) is 60.7 Å². The summed E-state index contributed by atoms with van der Waals surface area (Å²) in [4.78, 5) is 14.4. The lowest BCUT2D eigenvalue weighted by Crippen LogP contribution is -2.14. The minimum absolute atomic E-state index is 0.0403. The number of aromatic nitrogens is 5. The smallest absolute Gasteiger partial charge is 0.238 e. The Bertz CT molecular complexity index is 5690. The van der Waals surface area contributed by atoms with Gasteiger partial charge in [-0.3, -0.25) is 4.57 Å². The summed E-state index contributed by atoms with van der Waals surface area (Å²) < 4.78 is 273. The molecule has 0 spiro atoms. The van der Waals surface area contributed by atoms with Crippen molar-refractivity contribution < 1.29 is 44.2 Å². The lowest BCUT2D eigenvalue weighted by atomic mass is 9.82. The third-order valence-electron chi connectivity index (χ3n) is 11.8. The van der Waals surface area contributed by atoms with Gasteiger partial charge in [-0.15, -0.1) is 0 Å². The number of hydrogen-bond donors (Lipinski definition) is 0. The third-order valence-corrected chi connectivity index (χ3v) is 11.8. The van der Waals surface area contributed by atoms with E-state index in [2.05, 4.69) is 4.98 Å². The first-order valence-corrected chi connectivity index (χ1v) is 20.2. The molecule has 6 heteroatoms. The van der Waals surface area contributed by atoms with Crippen LogP contribution < -0.4 is 0 Å². The number of furan rings is 1. The molecule has 0 atom stereocenters. The van der Waals surface area contributed by atoms with E-state index in [4.69, 9.17) is 37.7 Å². The minimum atomic E-state index is -3.85. The molecule has 0 amide bonds. The topological polar surface area (TPSA) is 61.7 Å². The van der Waals surface area contributed by atoms with Crippen molar-refractivity contribution in [3.63, 3.8) is 0 Å². The van der Waals surface area contributed by atoms with Crippen LogP contribution in [0.15, 0.2) is 204 Å². The normalized spacial score (nSPS) is 19.7. The van der Waals surface area contributed by atoms with E-state index in [1.165, 1.54) is 9.13 Å². The molecule has 0 fully saturated rings. The summed E-state index contributed by atoms with van der Waals surface area (Å²) in [6.45, 7) is -7.69. The Hall–Kier alpha value is -8.61. The number of fused-ring (bicyclic) bond motifs is 13. The highest BCUT2D eigenvalue weighted by Crippen LogP contribution is 2.52. The van der Waals surface area contributed by atoms with Crippen LogP contribution in [-0.2, 0) is 5.41 Å². The summed E-state index contributed by atoms with van der Waals surface area (Å²) in [5.41, 5.74) is -10.8. The molecule has 0 bridgehead atoms. The first kappa shape index (κ1) is 18.5. The molecule has 0 radical (unpaired) electrons. The predicted molar refractivity (Wildman–Crippen MR) is 270 cm³/mol. The zero-order valence-electron chi connectivity index (χ0n) is 62.4. The summed E-state index contributed by atoms with van der Waals surface area (Å²) >= 11 is 0. The van der Waals surface area contributed by atoms with Crippen LogP contribution in [0.1, 0.15) is 64.6 Å². The number of rotatable bonds is 5. The van der Waals surface area contributed by atoms with Crippen LogP contribution in [0.3, 0.4) is 0 Å². The Balaban J connectivity index is 1.23. The molecule has 6 nitrogen and oxygen atoms in total. The third kappa shape index (κ3) is 5.15. The molecule has 0 aliphatic heterocycles. The van der Waals surface area contributed by atoms with E-state index in [1.807, 2.05) is 0 Å². The van der Waals surface area contributed by atoms with E-state index in [9.17, 15) is 16.4 Å². The van der Waals surface area contributed by atoms with Gasteiger partial charge in [0, 0.05) is 57.1 Å². The zero-order valence-corrected chi connectivity index (χ0v) is 33.4. The molecule has 1 aliphatic rings. The van der Waals surface area contributed by atoms with Crippen LogP contribution in [0.4, 0.5) is 0 Å². The highest BCUT2D eigenvalue weighted by molar-refractivity contribution is 6.24. The maximum Gasteiger partial charge on any atom is 0.238 e. The van der Waals surface area contributed by atoms with Gasteiger partial charge < -0.3 is 8.98 Å². The van der Waals surface area contributed by atoms with Gasteiger partial charge in [0.25, 0.3) is 0 Å². The summed E-state index contributed by atoms with van der Waals surface area (Å²) in [5, 5.41) is 0.702. The van der Waals surface area contributed by atoms with Crippen molar-refractivity contribution in [1.82, 2.24) is 24.1 Å². The average molecular weight is 875 g/mol. The maximum atomic E-state index is 10.4. The SMILES string of the molecule is [2H]c1c([2H])c([2H])c(-c2nc(-c3c([2H])c([2H])c([2H])c4c3-c3c([2H])c([2H])c([2H])c([2H])c3C4(C([2H])([2H])[2H])C([2H])([2H])[2H])nc(-n3c4ccccc4c4ccc5c6ccccc6n(-c6c([2H])c(-c7c([2H])c([2H])c([2H])c([2H])c7[2H])c([2H])c7c6oc6c([2H])c([2H])c([2H])c([2H])c67)c5c43)n2)c([2H])c1[2H]. The second-order valence-corrected chi connectivity index (χ2v) is 15.3. The molecule has 0 N–H and O–H groups in total. The van der Waals surface area contributed by atoms with E-state index >= 15 is 0 Å². The Kier molecular flexibility index (Phi) is 3.83. The molecular formula is C60H39N5O. The number of nitrogens with zero attached hydrogens (tertiary/aromatic N) is 5. The van der Waals surface area contributed by atoms with Crippen molar-refractivity contribution in [2.75, 3.05) is 0 Å². The van der Waals surface area contributed by atoms with Gasteiger partial charge in [-0.25, -0.2) is 4.98 Å². The van der Waals surface area contributed by atoms with Crippen molar-refractivity contribution in [2.24, 2.45) is 0 Å². The van der Waals surface area contributed by atoms with Gasteiger partial charge >= 0.3 is 0 Å². The van der Waals surface area contributed by atoms with Gasteiger partial charge in [0.2, 0.25) is 5.95 Å². The van der Waals surface area contributed by atoms with Crippen molar-refractivity contribution in [3.05, 3.63) is 211 Å². The van der Waals surface area contributed by atoms with Crippen molar-refractivity contribution in [1.29, 1.82) is 0 Å². The number of para-hydroxylation sites is 3. The van der Waals surface area contributed by atoms with Gasteiger partial charge in [0.1, 0.15) is 5.58 Å². The molecule has 310 valence electrons. The molecule has 0 unspecified atom stereocenters. The standard InChI is InChI=1S/C60H39N5O/c1-60(2)47-27-13-9-25-44(47)53-45(26-17-28-48(53)60)58-61-57(37-20-7-4-8-21-37)62-59(63-58)65-50-30-15-11-23-40(50)43-33-32-42-39-22-10-14-29-49(39)64(54(42)55(43)65)51-35-38(36-18-5-3-6-19-36)34-46-41-24-12-16-31-52(41)66-56(46)51/h3-35H,1-2H3/i1D3,2D3,3D,4D,5D,6D,7D,8D,9D,12D,13D,16D,17D,18D,19D,20D,21D,24D,25D,26D,27D,28D,31D,34D,35D. The van der Waals surface area contributed by atoms with Crippen LogP contribution in [0, 0.1) is 0 Å². The molecular weight excluding hydrogens is 807 g/mol. The number of hydrogen-bond acceptors (Lipinski definition) is 4. The summed E-state index contributed by atoms with van der Waals surface area (Å²) in [6.07, 6.45) is 0. The Labute approximate surface area is 420 Å². The lowest BCUT2D eigenvalue weighted by molar-refractivity contribution is 0.660. The summed E-state index contributed by atoms with van der Waals surface area (Å²) in [5.74, 6) is -2.24. The Morgan fingerprint density at radius 3 is 1.88 bits per heavy atom. The molecule has 14 rings (SSSR count). The van der Waals surface area contributed by atoms with Crippen LogP contribution in [0.5, 0.6) is 0 Å². The Morgan fingerprint density at radius 2 is 1.11 bits per heavy atom. The second kappa shape index (κ2) is 13.7. The van der Waals surface area contributed by atoms with Gasteiger partial charge in [-0.1, -0.05) is 183 Å². The van der Waals surface area contributed by atoms with Crippen LogP contribution in [0.2, 0.25) is 0 Å². The molecule has 0 saturated carbocycles. The lowest BCUT2D eigenvalue weighted by Gasteiger charge is -2.21. The van der Waals surface area contributed by atoms with Crippen molar-refractivity contribution in [2.45, 2.75) is 19.1 Å². The molecule has 4 aromatic heterocycles. The van der Waals surface area contributed by atoms with Crippen molar-refractivity contribution in [3.8, 4) is 56.7 Å². The van der Waals surface area contributed by atoms with Crippen molar-refractivity contribution >= 4 is 65.6 Å². The maximum absolute atomic E-state index is 10.4. The summed E-state index contributed by atoms with van der Waals surface area (Å²) in [7, 11) is 0. The van der Waals surface area contributed by atoms with Gasteiger partial charge in [-0.2, -0.15) is 9.97 Å². The molecule has 9 aromatic carbocycles. The van der Waals surface area contributed by atoms with E-state index in [0.29, 0.717) is 21.5 Å². The zero-order chi connectivity index (χ0) is 68.7. The van der Waals surface area contributed by atoms with Crippen LogP contribution >= 0.6 is 0 Å². The quantitative estimate of drug-likeness (QED) is 0.173. The fraction of sp³-hybridized carbons (Fsp3) is 0.0500. The molecule has 4 heterocycles. The van der Waals surface area contributed by atoms with Gasteiger partial charge in [-0.05, 0) is 63.6 Å². The van der Waals surface area contributed by atoms with Crippen LogP contribution in [0.25, 0.3) is 122 Å². The molecule has 13 aromatic rings. The summed E-state index contributed by atoms with van der Waals surface area (Å²) in [6, 6.07) is -4.11. The minimum Gasteiger partial charge on any atom is -0.454 e. The first-order chi connectivity index (χ1) is 44.6. The highest BCUT2D eigenvalue weighted by atomic mass is 16.3. The predicted octanol–water partition coefficient (Wildman–Crippen LogP) is 15.3. The van der Waals surface area contributed by atoms with E-state index in [-0.39, 0.29) is 38.5 Å². The van der Waals surface area contributed by atoms with Gasteiger partial charge in [0.05, 0.1) is 59.3 Å². The molecule has 0 saturated heterocycles. The van der Waals surface area contributed by atoms with E-state index in [0.717, 1.165) is 0 Å².